The van der Waals surface area contributed by atoms with E-state index >= 15 is 0 Å². The number of nitrogens with two attached hydrogens (primary N) is 1. The molecule has 0 saturated carbocycles. The number of thioether (sulfide) groups is 1. The highest BCUT2D eigenvalue weighted by atomic mass is 32.2. The van der Waals surface area contributed by atoms with Gasteiger partial charge >= 0.3 is 5.97 Å². The van der Waals surface area contributed by atoms with Crippen molar-refractivity contribution in [2.24, 2.45) is 11.7 Å². The lowest BCUT2D eigenvalue weighted by atomic mass is 9.91. The largest absolute Gasteiger partial charge is 0.467 e. The number of amides is 2. The van der Waals surface area contributed by atoms with E-state index in [0.717, 1.165) is 11.1 Å². The molecule has 0 fully saturated rings. The molecule has 1 aliphatic heterocycles. The van der Waals surface area contributed by atoms with Crippen LogP contribution in [-0.4, -0.2) is 59.9 Å². The molecule has 0 bridgehead atoms. The topological polar surface area (TPSA) is 102 Å². The minimum atomic E-state index is -0.743. The molecule has 1 heterocycles. The lowest BCUT2D eigenvalue weighted by molar-refractivity contribution is -0.148. The van der Waals surface area contributed by atoms with Crippen molar-refractivity contribution >= 4 is 29.5 Å². The van der Waals surface area contributed by atoms with Gasteiger partial charge < -0.3 is 20.7 Å². The predicted octanol–water partition coefficient (Wildman–Crippen LogP) is 1.33. The second-order valence-electron chi connectivity index (χ2n) is 7.59. The Morgan fingerprint density at radius 3 is 2.52 bits per heavy atom. The fraction of sp³-hybridized carbons (Fsp3) is 0.571. The van der Waals surface area contributed by atoms with Crippen LogP contribution in [0.25, 0.3) is 0 Å². The second-order valence-corrected chi connectivity index (χ2v) is 8.58. The quantitative estimate of drug-likeness (QED) is 0.614. The Balaban J connectivity index is 2.28. The maximum absolute atomic E-state index is 13.1. The predicted molar refractivity (Wildman–Crippen MR) is 114 cm³/mol. The standard InChI is InChI=1S/C21H31N3O4S/c1-13(2)18(22)20(26)24-12-15-8-6-5-7-14(15)11-17(24)19(25)23-16(9-10-29-4)21(27)28-3/h5-8,13,16-18H,9-12,22H2,1-4H3,(H,23,25)/t16-,17-,18-/m0/s1. The number of rotatable bonds is 8. The molecule has 0 spiro atoms. The number of benzene rings is 1. The molecule has 1 aromatic rings. The summed E-state index contributed by atoms with van der Waals surface area (Å²) in [6, 6.07) is 5.60. The molecular weight excluding hydrogens is 390 g/mol. The second kappa shape index (κ2) is 10.6. The van der Waals surface area contributed by atoms with Gasteiger partial charge in [0.25, 0.3) is 0 Å². The Labute approximate surface area is 176 Å². The van der Waals surface area contributed by atoms with Crippen LogP contribution in [0.2, 0.25) is 0 Å². The molecule has 0 unspecified atom stereocenters. The van der Waals surface area contributed by atoms with Crippen molar-refractivity contribution in [3.8, 4) is 0 Å². The van der Waals surface area contributed by atoms with Crippen molar-refractivity contribution in [1.82, 2.24) is 10.2 Å². The first-order valence-electron chi connectivity index (χ1n) is 9.80. The number of methoxy groups -OCH3 is 1. The van der Waals surface area contributed by atoms with Crippen molar-refractivity contribution in [2.45, 2.75) is 51.4 Å². The number of nitrogens with zero attached hydrogens (tertiary/aromatic N) is 1. The minimum absolute atomic E-state index is 0.0484. The van der Waals surface area contributed by atoms with E-state index in [9.17, 15) is 14.4 Å². The maximum atomic E-state index is 13.1. The fourth-order valence-electron chi connectivity index (χ4n) is 3.36. The SMILES string of the molecule is COC(=O)[C@H](CCSC)NC(=O)[C@@H]1Cc2ccccc2CN1C(=O)[C@@H](N)C(C)C. The molecule has 1 aliphatic rings. The summed E-state index contributed by atoms with van der Waals surface area (Å²) in [7, 11) is 1.30. The van der Waals surface area contributed by atoms with E-state index in [4.69, 9.17) is 10.5 Å². The maximum Gasteiger partial charge on any atom is 0.328 e. The first-order chi connectivity index (χ1) is 13.8. The molecule has 8 heteroatoms. The lowest BCUT2D eigenvalue weighted by Gasteiger charge is -2.38. The third kappa shape index (κ3) is 5.73. The van der Waals surface area contributed by atoms with E-state index in [2.05, 4.69) is 5.32 Å². The Morgan fingerprint density at radius 2 is 1.93 bits per heavy atom. The zero-order valence-electron chi connectivity index (χ0n) is 17.5. The van der Waals surface area contributed by atoms with Gasteiger partial charge in [-0.2, -0.15) is 11.8 Å². The Morgan fingerprint density at radius 1 is 1.28 bits per heavy atom. The molecule has 2 amide bonds. The van der Waals surface area contributed by atoms with Crippen LogP contribution in [0.15, 0.2) is 24.3 Å². The molecule has 0 aromatic heterocycles. The van der Waals surface area contributed by atoms with Crippen LogP contribution in [0.5, 0.6) is 0 Å². The molecule has 3 N–H and O–H groups in total. The summed E-state index contributed by atoms with van der Waals surface area (Å²) >= 11 is 1.58. The third-order valence-electron chi connectivity index (χ3n) is 5.25. The summed E-state index contributed by atoms with van der Waals surface area (Å²) in [5, 5.41) is 2.79. The summed E-state index contributed by atoms with van der Waals surface area (Å²) < 4.78 is 4.83. The van der Waals surface area contributed by atoms with E-state index in [-0.39, 0.29) is 17.7 Å². The van der Waals surface area contributed by atoms with Gasteiger partial charge in [-0.15, -0.1) is 0 Å². The van der Waals surface area contributed by atoms with Crippen LogP contribution < -0.4 is 11.1 Å². The van der Waals surface area contributed by atoms with Crippen molar-refractivity contribution in [3.63, 3.8) is 0 Å². The summed E-state index contributed by atoms with van der Waals surface area (Å²) in [4.78, 5) is 39.8. The Bertz CT molecular complexity index is 740. The van der Waals surface area contributed by atoms with Gasteiger partial charge in [-0.05, 0) is 35.5 Å². The third-order valence-corrected chi connectivity index (χ3v) is 5.89. The molecule has 2 rings (SSSR count). The highest BCUT2D eigenvalue weighted by Crippen LogP contribution is 2.25. The molecule has 0 radical (unpaired) electrons. The van der Waals surface area contributed by atoms with Crippen LogP contribution in [0.3, 0.4) is 0 Å². The monoisotopic (exact) mass is 421 g/mol. The molecule has 0 aliphatic carbocycles. The van der Waals surface area contributed by atoms with E-state index < -0.39 is 24.1 Å². The highest BCUT2D eigenvalue weighted by molar-refractivity contribution is 7.98. The van der Waals surface area contributed by atoms with Gasteiger partial charge in [0.05, 0.1) is 13.2 Å². The number of esters is 1. The number of carbonyl (C=O) groups excluding carboxylic acids is 3. The van der Waals surface area contributed by atoms with Gasteiger partial charge in [0.1, 0.15) is 12.1 Å². The van der Waals surface area contributed by atoms with Crippen LogP contribution >= 0.6 is 11.8 Å². The van der Waals surface area contributed by atoms with Crippen LogP contribution in [0, 0.1) is 5.92 Å². The summed E-state index contributed by atoms with van der Waals surface area (Å²) in [6.45, 7) is 4.08. The van der Waals surface area contributed by atoms with Crippen LogP contribution in [-0.2, 0) is 32.1 Å². The average molecular weight is 422 g/mol. The highest BCUT2D eigenvalue weighted by Gasteiger charge is 2.38. The van der Waals surface area contributed by atoms with Crippen LogP contribution in [0.4, 0.5) is 0 Å². The van der Waals surface area contributed by atoms with E-state index in [0.29, 0.717) is 25.1 Å². The molecule has 7 nitrogen and oxygen atoms in total. The van der Waals surface area contributed by atoms with E-state index in [1.807, 2.05) is 44.4 Å². The molecule has 160 valence electrons. The smallest absolute Gasteiger partial charge is 0.328 e. The Kier molecular flexibility index (Phi) is 8.52. The van der Waals surface area contributed by atoms with Gasteiger partial charge in [0.15, 0.2) is 0 Å². The minimum Gasteiger partial charge on any atom is -0.467 e. The number of hydrogen-bond acceptors (Lipinski definition) is 6. The first kappa shape index (κ1) is 23.2. The average Bonchev–Trinajstić information content (AvgIpc) is 2.73. The summed E-state index contributed by atoms with van der Waals surface area (Å²) in [5.41, 5.74) is 8.14. The molecular formula is C21H31N3O4S. The summed E-state index contributed by atoms with van der Waals surface area (Å²) in [6.07, 6.45) is 2.78. The van der Waals surface area contributed by atoms with Gasteiger partial charge in [-0.3, -0.25) is 9.59 Å². The van der Waals surface area contributed by atoms with Gasteiger partial charge in [-0.1, -0.05) is 38.1 Å². The Hall–Kier alpha value is -2.06. The zero-order chi connectivity index (χ0) is 21.6. The number of fused-ring (bicyclic) bond motifs is 1. The fourth-order valence-corrected chi connectivity index (χ4v) is 3.83. The van der Waals surface area contributed by atoms with Gasteiger partial charge in [-0.25, -0.2) is 4.79 Å². The molecule has 29 heavy (non-hydrogen) atoms. The van der Waals surface area contributed by atoms with Crippen molar-refractivity contribution in [2.75, 3.05) is 19.1 Å². The molecule has 0 saturated heterocycles. The van der Waals surface area contributed by atoms with E-state index in [1.165, 1.54) is 7.11 Å². The lowest BCUT2D eigenvalue weighted by Crippen LogP contribution is -2.59. The zero-order valence-corrected chi connectivity index (χ0v) is 18.3. The van der Waals surface area contributed by atoms with Crippen molar-refractivity contribution < 1.29 is 19.1 Å². The van der Waals surface area contributed by atoms with Crippen molar-refractivity contribution in [1.29, 1.82) is 0 Å². The molecule has 3 atom stereocenters. The normalized spacial score (nSPS) is 18.0. The van der Waals surface area contributed by atoms with Gasteiger partial charge in [0.2, 0.25) is 11.8 Å². The first-order valence-corrected chi connectivity index (χ1v) is 11.2. The number of nitrogens with one attached hydrogen (secondary N) is 1. The van der Waals surface area contributed by atoms with Crippen molar-refractivity contribution in [3.05, 3.63) is 35.4 Å². The number of carbonyl (C=O) groups is 3. The van der Waals surface area contributed by atoms with Crippen LogP contribution in [0.1, 0.15) is 31.4 Å². The number of hydrogen-bond donors (Lipinski definition) is 2. The van der Waals surface area contributed by atoms with Gasteiger partial charge in [0, 0.05) is 13.0 Å². The van der Waals surface area contributed by atoms with E-state index in [1.54, 1.807) is 16.7 Å². The summed E-state index contributed by atoms with van der Waals surface area (Å²) in [5.74, 6) is -0.448. The number of ether oxygens (including phenoxy) is 1. The molecule has 1 aromatic carbocycles.